The average molecular weight is 378 g/mol. The Morgan fingerprint density at radius 1 is 1.61 bits per heavy atom. The van der Waals surface area contributed by atoms with E-state index in [1.54, 1.807) is 6.20 Å². The molecule has 2 rings (SSSR count). The Bertz CT molecular complexity index is 507. The maximum absolute atomic E-state index is 10.5. The second-order valence-corrected chi connectivity index (χ2v) is 5.37. The van der Waals surface area contributed by atoms with Crippen LogP contribution in [0.4, 0.5) is 0 Å². The number of nitrogens with one attached hydrogen (secondary N) is 1. The molecule has 0 atom stereocenters. The van der Waals surface area contributed by atoms with Crippen molar-refractivity contribution in [1.82, 2.24) is 15.2 Å². The fourth-order valence-corrected chi connectivity index (χ4v) is 2.32. The number of aromatic nitrogens is 1. The molecule has 0 spiro atoms. The van der Waals surface area contributed by atoms with E-state index in [0.717, 1.165) is 27.4 Å². The maximum atomic E-state index is 10.5. The number of nitrogens with zero attached hydrogens (tertiary/aromatic N) is 3. The molecule has 1 aliphatic rings. The molecule has 0 saturated carbocycles. The van der Waals surface area contributed by atoms with Gasteiger partial charge in [0.1, 0.15) is 4.60 Å². The second-order valence-electron chi connectivity index (χ2n) is 3.76. The van der Waals surface area contributed by atoms with Crippen LogP contribution >= 0.6 is 31.9 Å². The van der Waals surface area contributed by atoms with Gasteiger partial charge in [0.25, 0.3) is 6.20 Å². The summed E-state index contributed by atoms with van der Waals surface area (Å²) in [7, 11) is 0. The van der Waals surface area contributed by atoms with E-state index in [4.69, 9.17) is 0 Å². The summed E-state index contributed by atoms with van der Waals surface area (Å²) in [6.07, 6.45) is 2.74. The molecule has 6 nitrogen and oxygen atoms in total. The Labute approximate surface area is 120 Å². The molecule has 96 valence electrons. The van der Waals surface area contributed by atoms with Crippen LogP contribution in [0.25, 0.3) is 0 Å². The second kappa shape index (κ2) is 5.66. The molecule has 18 heavy (non-hydrogen) atoms. The number of rotatable bonds is 3. The first-order valence-corrected chi connectivity index (χ1v) is 6.79. The van der Waals surface area contributed by atoms with Crippen molar-refractivity contribution in [1.29, 1.82) is 0 Å². The predicted octanol–water partition coefficient (Wildman–Crippen LogP) is 2.09. The zero-order valence-corrected chi connectivity index (χ0v) is 12.4. The normalized spacial score (nSPS) is 17.0. The van der Waals surface area contributed by atoms with Crippen molar-refractivity contribution in [2.45, 2.75) is 6.54 Å². The van der Waals surface area contributed by atoms with Crippen molar-refractivity contribution in [3.8, 4) is 0 Å². The summed E-state index contributed by atoms with van der Waals surface area (Å²) in [5.41, 5.74) is 0.989. The molecule has 0 radical (unpaired) electrons. The third kappa shape index (κ3) is 3.20. The van der Waals surface area contributed by atoms with Gasteiger partial charge in [0, 0.05) is 25.8 Å². The largest absolute Gasteiger partial charge is 0.365 e. The number of nitro groups is 1. The molecule has 0 aromatic carbocycles. The summed E-state index contributed by atoms with van der Waals surface area (Å²) >= 11 is 6.69. The standard InChI is InChI=1S/C10H10Br2N4O2/c11-8-3-7(4-14-10(8)12)5-15-2-1-13-9(15)6-16(17)18/h3-4,6,13H,1-2,5H2/b9-6+. The third-order valence-electron chi connectivity index (χ3n) is 2.48. The topological polar surface area (TPSA) is 71.3 Å². The van der Waals surface area contributed by atoms with E-state index in [1.807, 2.05) is 11.0 Å². The Balaban J connectivity index is 2.13. The van der Waals surface area contributed by atoms with E-state index >= 15 is 0 Å². The minimum absolute atomic E-state index is 0.448. The number of hydrogen-bond donors (Lipinski definition) is 1. The Morgan fingerprint density at radius 2 is 2.39 bits per heavy atom. The van der Waals surface area contributed by atoms with Crippen LogP contribution in [-0.2, 0) is 6.54 Å². The Kier molecular flexibility index (Phi) is 4.18. The lowest BCUT2D eigenvalue weighted by molar-refractivity contribution is -0.404. The van der Waals surface area contributed by atoms with E-state index < -0.39 is 4.92 Å². The highest BCUT2D eigenvalue weighted by Gasteiger charge is 2.19. The van der Waals surface area contributed by atoms with Crippen LogP contribution < -0.4 is 5.32 Å². The van der Waals surface area contributed by atoms with Crippen LogP contribution in [0.2, 0.25) is 0 Å². The highest BCUT2D eigenvalue weighted by molar-refractivity contribution is 9.13. The van der Waals surface area contributed by atoms with Gasteiger partial charge in [0.15, 0.2) is 5.82 Å². The zero-order valence-electron chi connectivity index (χ0n) is 9.27. The van der Waals surface area contributed by atoms with Gasteiger partial charge in [-0.25, -0.2) is 4.98 Å². The summed E-state index contributed by atoms with van der Waals surface area (Å²) in [4.78, 5) is 16.1. The van der Waals surface area contributed by atoms with E-state index in [1.165, 1.54) is 0 Å². The van der Waals surface area contributed by atoms with Gasteiger partial charge in [-0.3, -0.25) is 10.1 Å². The molecule has 0 aliphatic carbocycles. The summed E-state index contributed by atoms with van der Waals surface area (Å²) in [5, 5.41) is 13.5. The highest BCUT2D eigenvalue weighted by Crippen LogP contribution is 2.22. The van der Waals surface area contributed by atoms with Crippen LogP contribution in [0, 0.1) is 10.1 Å². The van der Waals surface area contributed by atoms with Gasteiger partial charge in [-0.15, -0.1) is 0 Å². The molecule has 1 aromatic heterocycles. The Hall–Kier alpha value is -1.15. The summed E-state index contributed by atoms with van der Waals surface area (Å²) in [5.74, 6) is 0.541. The van der Waals surface area contributed by atoms with Gasteiger partial charge >= 0.3 is 0 Å². The third-order valence-corrected chi connectivity index (χ3v) is 4.25. The molecule has 1 aromatic rings. The lowest BCUT2D eigenvalue weighted by atomic mass is 10.2. The van der Waals surface area contributed by atoms with Gasteiger partial charge in [0.2, 0.25) is 0 Å². The van der Waals surface area contributed by atoms with Crippen LogP contribution in [0.5, 0.6) is 0 Å². The molecule has 1 N–H and O–H groups in total. The summed E-state index contributed by atoms with van der Waals surface area (Å²) in [6.45, 7) is 2.05. The van der Waals surface area contributed by atoms with Crippen LogP contribution in [0.3, 0.4) is 0 Å². The molecule has 1 fully saturated rings. The SMILES string of the molecule is O=[N+]([O-])/C=C1\NCCN1Cc1cnc(Br)c(Br)c1. The molecular weight excluding hydrogens is 368 g/mol. The molecule has 1 saturated heterocycles. The molecule has 1 aliphatic heterocycles. The first-order chi connectivity index (χ1) is 8.56. The predicted molar refractivity (Wildman–Crippen MR) is 73.1 cm³/mol. The van der Waals surface area contributed by atoms with Crippen molar-refractivity contribution < 1.29 is 4.92 Å². The van der Waals surface area contributed by atoms with Crippen molar-refractivity contribution in [2.24, 2.45) is 0 Å². The van der Waals surface area contributed by atoms with E-state index in [2.05, 4.69) is 42.2 Å². The molecule has 2 heterocycles. The summed E-state index contributed by atoms with van der Waals surface area (Å²) < 4.78 is 1.61. The smallest absolute Gasteiger partial charge is 0.274 e. The summed E-state index contributed by atoms with van der Waals surface area (Å²) in [6, 6.07) is 1.94. The van der Waals surface area contributed by atoms with E-state index in [9.17, 15) is 10.1 Å². The first-order valence-electron chi connectivity index (χ1n) is 5.20. The average Bonchev–Trinajstić information content (AvgIpc) is 2.70. The van der Waals surface area contributed by atoms with Gasteiger partial charge in [-0.05, 0) is 43.5 Å². The van der Waals surface area contributed by atoms with E-state index in [0.29, 0.717) is 18.9 Å². The van der Waals surface area contributed by atoms with Crippen LogP contribution in [0.1, 0.15) is 5.56 Å². The van der Waals surface area contributed by atoms with Crippen LogP contribution in [-0.4, -0.2) is 27.9 Å². The molecule has 0 bridgehead atoms. The highest BCUT2D eigenvalue weighted by atomic mass is 79.9. The van der Waals surface area contributed by atoms with Gasteiger partial charge in [-0.1, -0.05) is 0 Å². The van der Waals surface area contributed by atoms with Crippen molar-refractivity contribution in [2.75, 3.05) is 13.1 Å². The van der Waals surface area contributed by atoms with Gasteiger partial charge < -0.3 is 10.2 Å². The van der Waals surface area contributed by atoms with Gasteiger partial charge in [0.05, 0.1) is 9.40 Å². The molecular formula is C10H10Br2N4O2. The minimum Gasteiger partial charge on any atom is -0.365 e. The van der Waals surface area contributed by atoms with E-state index in [-0.39, 0.29) is 0 Å². The van der Waals surface area contributed by atoms with Crippen molar-refractivity contribution in [3.63, 3.8) is 0 Å². The molecule has 0 amide bonds. The Morgan fingerprint density at radius 3 is 3.06 bits per heavy atom. The van der Waals surface area contributed by atoms with Gasteiger partial charge in [-0.2, -0.15) is 0 Å². The fraction of sp³-hybridized carbons (Fsp3) is 0.300. The first kappa shape index (κ1) is 13.3. The minimum atomic E-state index is -0.448. The number of hydrogen-bond acceptors (Lipinski definition) is 5. The molecule has 8 heteroatoms. The quantitative estimate of drug-likeness (QED) is 0.496. The lowest BCUT2D eigenvalue weighted by Crippen LogP contribution is -2.20. The van der Waals surface area contributed by atoms with Crippen LogP contribution in [0.15, 0.2) is 33.4 Å². The maximum Gasteiger partial charge on any atom is 0.274 e. The zero-order chi connectivity index (χ0) is 13.1. The van der Waals surface area contributed by atoms with Crippen molar-refractivity contribution >= 4 is 31.9 Å². The monoisotopic (exact) mass is 376 g/mol. The molecule has 0 unspecified atom stereocenters. The number of halogens is 2. The fourth-order valence-electron chi connectivity index (χ4n) is 1.71. The lowest BCUT2D eigenvalue weighted by Gasteiger charge is -2.17. The number of pyridine rings is 1. The van der Waals surface area contributed by atoms with Crippen molar-refractivity contribution in [3.05, 3.63) is 49.0 Å².